The average Bonchev–Trinajstić information content (AvgIpc) is 2.83. The van der Waals surface area contributed by atoms with Crippen LogP contribution in [0.3, 0.4) is 0 Å². The van der Waals surface area contributed by atoms with Gasteiger partial charge in [-0.2, -0.15) is 0 Å². The number of rotatable bonds is 4. The summed E-state index contributed by atoms with van der Waals surface area (Å²) in [6.45, 7) is 9.24. The molecule has 0 atom stereocenters. The van der Waals surface area contributed by atoms with Crippen molar-refractivity contribution in [1.29, 1.82) is 0 Å². The van der Waals surface area contributed by atoms with Crippen LogP contribution in [0.25, 0.3) is 11.0 Å². The van der Waals surface area contributed by atoms with Gasteiger partial charge in [0.2, 0.25) is 0 Å². The van der Waals surface area contributed by atoms with Crippen molar-refractivity contribution in [3.63, 3.8) is 0 Å². The maximum atomic E-state index is 6.10. The van der Waals surface area contributed by atoms with Crippen LogP contribution in [0.1, 0.15) is 44.1 Å². The minimum atomic E-state index is 0.369. The molecule has 0 aliphatic carbocycles. The van der Waals surface area contributed by atoms with Crippen LogP contribution in [-0.4, -0.2) is 28.7 Å². The van der Waals surface area contributed by atoms with E-state index in [1.54, 1.807) is 0 Å². The number of imidazole rings is 1. The first-order valence-corrected chi connectivity index (χ1v) is 7.95. The van der Waals surface area contributed by atoms with Crippen molar-refractivity contribution >= 4 is 11.0 Å². The Morgan fingerprint density at radius 3 is 2.81 bits per heavy atom. The molecule has 2 aromatic rings. The lowest BCUT2D eigenvalue weighted by molar-refractivity contribution is 0.0163. The lowest BCUT2D eigenvalue weighted by atomic mass is 10.1. The Balaban J connectivity index is 1.84. The normalized spacial score (nSPS) is 17.0. The van der Waals surface area contributed by atoms with Crippen molar-refractivity contribution in [3.8, 4) is 0 Å². The quantitative estimate of drug-likeness (QED) is 0.938. The summed E-state index contributed by atoms with van der Waals surface area (Å²) in [5.74, 6) is 1.05. The summed E-state index contributed by atoms with van der Waals surface area (Å²) in [5.41, 5.74) is 3.54. The maximum Gasteiger partial charge on any atom is 0.136 e. The van der Waals surface area contributed by atoms with E-state index in [0.717, 1.165) is 37.3 Å². The highest BCUT2D eigenvalue weighted by Gasteiger charge is 2.17. The Bertz CT molecular complexity index is 612. The van der Waals surface area contributed by atoms with Crippen LogP contribution in [-0.2, 0) is 11.3 Å². The van der Waals surface area contributed by atoms with Crippen molar-refractivity contribution in [3.05, 3.63) is 29.6 Å². The average molecular weight is 287 g/mol. The first-order valence-electron chi connectivity index (χ1n) is 7.95. The third-order valence-electron chi connectivity index (χ3n) is 4.17. The highest BCUT2D eigenvalue weighted by Crippen LogP contribution is 2.23. The molecule has 3 rings (SSSR count). The molecule has 1 saturated heterocycles. The molecule has 0 saturated carbocycles. The fraction of sp³-hybridized carbons (Fsp3) is 0.588. The lowest BCUT2D eigenvalue weighted by Gasteiger charge is -2.23. The molecule has 0 amide bonds. The molecule has 1 aromatic carbocycles. The van der Waals surface area contributed by atoms with Crippen molar-refractivity contribution in [2.75, 3.05) is 13.1 Å². The Hall–Kier alpha value is -1.39. The topological polar surface area (TPSA) is 39.1 Å². The Morgan fingerprint density at radius 2 is 2.10 bits per heavy atom. The second-order valence-corrected chi connectivity index (χ2v) is 6.24. The largest absolute Gasteiger partial charge is 0.370 e. The van der Waals surface area contributed by atoms with Gasteiger partial charge in [0, 0.05) is 6.04 Å². The number of benzene rings is 1. The van der Waals surface area contributed by atoms with Crippen LogP contribution in [0, 0.1) is 6.92 Å². The third-order valence-corrected chi connectivity index (χ3v) is 4.17. The van der Waals surface area contributed by atoms with Gasteiger partial charge >= 0.3 is 0 Å². The minimum Gasteiger partial charge on any atom is -0.370 e. The summed E-state index contributed by atoms with van der Waals surface area (Å²) in [5, 5.41) is 3.37. The van der Waals surface area contributed by atoms with Crippen LogP contribution in [0.2, 0.25) is 0 Å². The highest BCUT2D eigenvalue weighted by molar-refractivity contribution is 5.77. The Kier molecular flexibility index (Phi) is 4.27. The van der Waals surface area contributed by atoms with Gasteiger partial charge in [-0.15, -0.1) is 0 Å². The number of hydrogen-bond acceptors (Lipinski definition) is 3. The third kappa shape index (κ3) is 3.11. The van der Waals surface area contributed by atoms with Crippen LogP contribution >= 0.6 is 0 Å². The number of nitrogens with zero attached hydrogens (tertiary/aromatic N) is 2. The lowest BCUT2D eigenvalue weighted by Crippen LogP contribution is -2.32. The fourth-order valence-electron chi connectivity index (χ4n) is 3.09. The molecule has 0 bridgehead atoms. The number of hydrogen-bond donors (Lipinski definition) is 1. The minimum absolute atomic E-state index is 0.369. The van der Waals surface area contributed by atoms with Crippen LogP contribution in [0.5, 0.6) is 0 Å². The van der Waals surface area contributed by atoms with E-state index in [1.165, 1.54) is 11.1 Å². The van der Waals surface area contributed by atoms with Crippen LogP contribution in [0.15, 0.2) is 18.2 Å². The van der Waals surface area contributed by atoms with E-state index in [1.807, 2.05) is 0 Å². The molecule has 0 unspecified atom stereocenters. The van der Waals surface area contributed by atoms with E-state index in [9.17, 15) is 0 Å². The number of nitrogens with one attached hydrogen (secondary N) is 1. The van der Waals surface area contributed by atoms with Crippen molar-refractivity contribution in [2.24, 2.45) is 0 Å². The molecule has 21 heavy (non-hydrogen) atoms. The zero-order valence-corrected chi connectivity index (χ0v) is 13.2. The first kappa shape index (κ1) is 14.5. The monoisotopic (exact) mass is 287 g/mol. The predicted molar refractivity (Wildman–Crippen MR) is 85.5 cm³/mol. The Morgan fingerprint density at radius 1 is 1.33 bits per heavy atom. The van der Waals surface area contributed by atoms with Gasteiger partial charge in [-0.3, -0.25) is 0 Å². The molecular weight excluding hydrogens is 262 g/mol. The first-order chi connectivity index (χ1) is 10.1. The summed E-state index contributed by atoms with van der Waals surface area (Å²) >= 11 is 0. The number of ether oxygens (including phenoxy) is 1. The van der Waals surface area contributed by atoms with E-state index >= 15 is 0 Å². The SMILES string of the molecule is Cc1ccc2c(c1)nc(COC1CCNCC1)n2C(C)C. The molecule has 0 spiro atoms. The van der Waals surface area contributed by atoms with Gasteiger partial charge in [0.25, 0.3) is 0 Å². The number of piperidine rings is 1. The standard InChI is InChI=1S/C17H25N3O/c1-12(2)20-16-5-4-13(3)10-15(16)19-17(20)11-21-14-6-8-18-9-7-14/h4-5,10,12,14,18H,6-9,11H2,1-3H3. The molecule has 1 aromatic heterocycles. The predicted octanol–water partition coefficient (Wildman–Crippen LogP) is 3.19. The van der Waals surface area contributed by atoms with Crippen molar-refractivity contribution in [1.82, 2.24) is 14.9 Å². The molecular formula is C17H25N3O. The summed E-state index contributed by atoms with van der Waals surface area (Å²) in [6, 6.07) is 6.87. The molecule has 2 heterocycles. The molecule has 1 aliphatic rings. The van der Waals surface area contributed by atoms with Gasteiger partial charge in [0.15, 0.2) is 0 Å². The zero-order chi connectivity index (χ0) is 14.8. The van der Waals surface area contributed by atoms with Gasteiger partial charge < -0.3 is 14.6 Å². The summed E-state index contributed by atoms with van der Waals surface area (Å²) in [6.07, 6.45) is 2.57. The van der Waals surface area contributed by atoms with Crippen molar-refractivity contribution in [2.45, 2.75) is 52.4 Å². The van der Waals surface area contributed by atoms with Gasteiger partial charge in [0.1, 0.15) is 12.4 Å². The van der Waals surface area contributed by atoms with Gasteiger partial charge in [0.05, 0.1) is 17.1 Å². The van der Waals surface area contributed by atoms with E-state index in [-0.39, 0.29) is 0 Å². The molecule has 1 aliphatic heterocycles. The fourth-order valence-corrected chi connectivity index (χ4v) is 3.09. The molecule has 0 radical (unpaired) electrons. The zero-order valence-electron chi connectivity index (χ0n) is 13.2. The number of fused-ring (bicyclic) bond motifs is 1. The smallest absolute Gasteiger partial charge is 0.136 e. The maximum absolute atomic E-state index is 6.10. The van der Waals surface area contributed by atoms with Gasteiger partial charge in [-0.25, -0.2) is 4.98 Å². The molecule has 4 heteroatoms. The second kappa shape index (κ2) is 6.16. The van der Waals surface area contributed by atoms with E-state index < -0.39 is 0 Å². The van der Waals surface area contributed by atoms with E-state index in [2.05, 4.69) is 48.9 Å². The van der Waals surface area contributed by atoms with Crippen LogP contribution in [0.4, 0.5) is 0 Å². The van der Waals surface area contributed by atoms with E-state index in [0.29, 0.717) is 18.8 Å². The van der Waals surface area contributed by atoms with E-state index in [4.69, 9.17) is 9.72 Å². The number of aromatic nitrogens is 2. The summed E-state index contributed by atoms with van der Waals surface area (Å²) in [7, 11) is 0. The summed E-state index contributed by atoms with van der Waals surface area (Å²) in [4.78, 5) is 4.80. The second-order valence-electron chi connectivity index (χ2n) is 6.24. The van der Waals surface area contributed by atoms with Gasteiger partial charge in [-0.05, 0) is 64.4 Å². The number of aryl methyl sites for hydroxylation is 1. The Labute approximate surface area is 126 Å². The van der Waals surface area contributed by atoms with Gasteiger partial charge in [-0.1, -0.05) is 6.07 Å². The molecule has 1 N–H and O–H groups in total. The highest BCUT2D eigenvalue weighted by atomic mass is 16.5. The molecule has 1 fully saturated rings. The molecule has 4 nitrogen and oxygen atoms in total. The molecule has 114 valence electrons. The van der Waals surface area contributed by atoms with Crippen LogP contribution < -0.4 is 5.32 Å². The summed E-state index contributed by atoms with van der Waals surface area (Å²) < 4.78 is 8.40. The van der Waals surface area contributed by atoms with Crippen molar-refractivity contribution < 1.29 is 4.74 Å².